The van der Waals surface area contributed by atoms with Crippen molar-refractivity contribution >= 4 is 32.3 Å². The van der Waals surface area contributed by atoms with E-state index in [4.69, 9.17) is 0 Å². The first-order valence-electron chi connectivity index (χ1n) is 7.06. The summed E-state index contributed by atoms with van der Waals surface area (Å²) >= 11 is 0. The van der Waals surface area contributed by atoms with E-state index in [0.29, 0.717) is 0 Å². The van der Waals surface area contributed by atoms with Crippen molar-refractivity contribution in [1.82, 2.24) is 0 Å². The van der Waals surface area contributed by atoms with E-state index in [1.54, 1.807) is 0 Å². The summed E-state index contributed by atoms with van der Waals surface area (Å²) in [4.78, 5) is 0. The second-order valence-electron chi connectivity index (χ2n) is 5.57. The van der Waals surface area contributed by atoms with E-state index in [1.807, 2.05) is 0 Å². The number of fused-ring (bicyclic) bond motifs is 5. The maximum atomic E-state index is 2.27. The predicted octanol–water partition coefficient (Wildman–Crippen LogP) is 5.76. The van der Waals surface area contributed by atoms with Gasteiger partial charge in [-0.25, -0.2) is 0 Å². The van der Waals surface area contributed by atoms with Crippen molar-refractivity contribution in [1.29, 1.82) is 0 Å². The van der Waals surface area contributed by atoms with Crippen molar-refractivity contribution in [3.05, 3.63) is 71.8 Å². The molecule has 0 heteroatoms. The maximum absolute atomic E-state index is 2.27. The molecule has 0 nitrogen and oxygen atoms in total. The van der Waals surface area contributed by atoms with Crippen molar-refractivity contribution in [3.63, 3.8) is 0 Å². The van der Waals surface area contributed by atoms with Crippen molar-refractivity contribution in [3.8, 4) is 0 Å². The molecule has 96 valence electrons. The summed E-state index contributed by atoms with van der Waals surface area (Å²) < 4.78 is 0. The molecule has 0 atom stereocenters. The molecule has 4 rings (SSSR count). The van der Waals surface area contributed by atoms with Crippen LogP contribution < -0.4 is 0 Å². The Morgan fingerprint density at radius 1 is 0.500 bits per heavy atom. The molecule has 0 aliphatic rings. The summed E-state index contributed by atoms with van der Waals surface area (Å²) in [7, 11) is 0. The van der Waals surface area contributed by atoms with Crippen LogP contribution in [0.4, 0.5) is 0 Å². The zero-order valence-corrected chi connectivity index (χ0v) is 11.8. The molecule has 0 radical (unpaired) electrons. The van der Waals surface area contributed by atoms with E-state index in [1.165, 1.54) is 43.4 Å². The van der Waals surface area contributed by atoms with Crippen LogP contribution in [0.15, 0.2) is 60.7 Å². The highest BCUT2D eigenvalue weighted by atomic mass is 14.1. The minimum Gasteiger partial charge on any atom is -0.0616 e. The summed E-state index contributed by atoms with van der Waals surface area (Å²) in [6.07, 6.45) is 0. The fraction of sp³-hybridized carbons (Fsp3) is 0.100. The van der Waals surface area contributed by atoms with Crippen LogP contribution in [0.3, 0.4) is 0 Å². The highest BCUT2D eigenvalue weighted by Gasteiger charge is 2.07. The SMILES string of the molecule is Cc1ccc(C)c2c1ccc1c3ccccc3ccc12. The smallest absolute Gasteiger partial charge is 0.00732 e. The molecule has 0 amide bonds. The second kappa shape index (κ2) is 4.08. The van der Waals surface area contributed by atoms with Gasteiger partial charge in [0.15, 0.2) is 0 Å². The van der Waals surface area contributed by atoms with Crippen LogP contribution in [0.2, 0.25) is 0 Å². The lowest BCUT2D eigenvalue weighted by Gasteiger charge is -2.11. The Morgan fingerprint density at radius 2 is 1.20 bits per heavy atom. The van der Waals surface area contributed by atoms with Gasteiger partial charge in [0, 0.05) is 0 Å². The quantitative estimate of drug-likeness (QED) is 0.351. The Morgan fingerprint density at radius 3 is 2.10 bits per heavy atom. The van der Waals surface area contributed by atoms with Gasteiger partial charge in [0.25, 0.3) is 0 Å². The summed E-state index contributed by atoms with van der Waals surface area (Å²) in [5, 5.41) is 8.13. The fourth-order valence-corrected chi connectivity index (χ4v) is 3.26. The molecule has 0 fully saturated rings. The van der Waals surface area contributed by atoms with E-state index in [0.717, 1.165) is 0 Å². The zero-order chi connectivity index (χ0) is 13.7. The molecule has 0 heterocycles. The lowest BCUT2D eigenvalue weighted by atomic mass is 9.93. The first kappa shape index (κ1) is 11.5. The molecule has 0 N–H and O–H groups in total. The molecule has 0 bridgehead atoms. The van der Waals surface area contributed by atoms with Crippen molar-refractivity contribution in [2.75, 3.05) is 0 Å². The van der Waals surface area contributed by atoms with Gasteiger partial charge in [-0.2, -0.15) is 0 Å². The van der Waals surface area contributed by atoms with Gasteiger partial charge in [0.05, 0.1) is 0 Å². The van der Waals surface area contributed by atoms with E-state index >= 15 is 0 Å². The standard InChI is InChI=1S/C20H16/c1-13-7-8-14(2)20-16(13)11-12-18-17-6-4-3-5-15(17)9-10-19(18)20/h3-12H,1-2H3. The van der Waals surface area contributed by atoms with Gasteiger partial charge in [0.1, 0.15) is 0 Å². The number of rotatable bonds is 0. The van der Waals surface area contributed by atoms with Gasteiger partial charge in [-0.15, -0.1) is 0 Å². The third-order valence-corrected chi connectivity index (χ3v) is 4.33. The Hall–Kier alpha value is -2.34. The monoisotopic (exact) mass is 256 g/mol. The van der Waals surface area contributed by atoms with Gasteiger partial charge in [-0.3, -0.25) is 0 Å². The van der Waals surface area contributed by atoms with Crippen LogP contribution >= 0.6 is 0 Å². The van der Waals surface area contributed by atoms with Crippen LogP contribution in [-0.4, -0.2) is 0 Å². The Labute approximate surface area is 118 Å². The van der Waals surface area contributed by atoms with Gasteiger partial charge in [0.2, 0.25) is 0 Å². The van der Waals surface area contributed by atoms with Gasteiger partial charge >= 0.3 is 0 Å². The maximum Gasteiger partial charge on any atom is -0.00732 e. The molecule has 0 spiro atoms. The molecule has 0 unspecified atom stereocenters. The molecule has 4 aromatic carbocycles. The van der Waals surface area contributed by atoms with E-state index < -0.39 is 0 Å². The Balaban J connectivity index is 2.32. The minimum absolute atomic E-state index is 1.31. The number of hydrogen-bond acceptors (Lipinski definition) is 0. The Bertz CT molecular complexity index is 962. The molecular weight excluding hydrogens is 240 g/mol. The molecule has 0 aliphatic carbocycles. The minimum atomic E-state index is 1.31. The van der Waals surface area contributed by atoms with Crippen LogP contribution in [0.1, 0.15) is 11.1 Å². The molecule has 20 heavy (non-hydrogen) atoms. The lowest BCUT2D eigenvalue weighted by Crippen LogP contribution is -1.86. The summed E-state index contributed by atoms with van der Waals surface area (Å²) in [5.41, 5.74) is 2.70. The third kappa shape index (κ3) is 1.48. The highest BCUT2D eigenvalue weighted by Crippen LogP contribution is 2.33. The summed E-state index contributed by atoms with van der Waals surface area (Å²) in [6, 6.07) is 22.1. The number of benzene rings is 4. The largest absolute Gasteiger partial charge is 0.0616 e. The van der Waals surface area contributed by atoms with Crippen LogP contribution in [-0.2, 0) is 0 Å². The Kier molecular flexibility index (Phi) is 2.34. The zero-order valence-electron chi connectivity index (χ0n) is 11.8. The van der Waals surface area contributed by atoms with E-state index in [9.17, 15) is 0 Å². The van der Waals surface area contributed by atoms with Gasteiger partial charge < -0.3 is 0 Å². The molecule has 0 aromatic heterocycles. The summed E-state index contributed by atoms with van der Waals surface area (Å²) in [6.45, 7) is 4.39. The average molecular weight is 256 g/mol. The van der Waals surface area contributed by atoms with Gasteiger partial charge in [-0.05, 0) is 57.3 Å². The van der Waals surface area contributed by atoms with Crippen LogP contribution in [0.25, 0.3) is 32.3 Å². The number of hydrogen-bond donors (Lipinski definition) is 0. The molecule has 0 aliphatic heterocycles. The average Bonchev–Trinajstić information content (AvgIpc) is 2.50. The lowest BCUT2D eigenvalue weighted by molar-refractivity contribution is 1.47. The van der Waals surface area contributed by atoms with Crippen molar-refractivity contribution < 1.29 is 0 Å². The first-order valence-corrected chi connectivity index (χ1v) is 7.06. The fourth-order valence-electron chi connectivity index (χ4n) is 3.26. The van der Waals surface area contributed by atoms with E-state index in [-0.39, 0.29) is 0 Å². The summed E-state index contributed by atoms with van der Waals surface area (Å²) in [5.74, 6) is 0. The van der Waals surface area contributed by atoms with Gasteiger partial charge in [-0.1, -0.05) is 60.7 Å². The molecular formula is C20H16. The highest BCUT2D eigenvalue weighted by molar-refractivity contribution is 6.18. The normalized spacial score (nSPS) is 11.5. The molecule has 4 aromatic rings. The van der Waals surface area contributed by atoms with E-state index in [2.05, 4.69) is 74.5 Å². The van der Waals surface area contributed by atoms with Crippen LogP contribution in [0.5, 0.6) is 0 Å². The predicted molar refractivity (Wildman–Crippen MR) is 88.4 cm³/mol. The van der Waals surface area contributed by atoms with Crippen molar-refractivity contribution in [2.24, 2.45) is 0 Å². The molecule has 0 saturated carbocycles. The number of aryl methyl sites for hydroxylation is 2. The topological polar surface area (TPSA) is 0 Å². The molecule has 0 saturated heterocycles. The first-order chi connectivity index (χ1) is 9.75. The third-order valence-electron chi connectivity index (χ3n) is 4.33. The van der Waals surface area contributed by atoms with Crippen LogP contribution in [0, 0.1) is 13.8 Å². The second-order valence-corrected chi connectivity index (χ2v) is 5.57. The van der Waals surface area contributed by atoms with Crippen molar-refractivity contribution in [2.45, 2.75) is 13.8 Å².